The van der Waals surface area contributed by atoms with Gasteiger partial charge in [0.25, 0.3) is 0 Å². The zero-order chi connectivity index (χ0) is 21.1. The molecule has 0 aliphatic heterocycles. The molecule has 0 atom stereocenters. The van der Waals surface area contributed by atoms with Crippen LogP contribution in [-0.4, -0.2) is 34.6 Å². The molecule has 0 saturated heterocycles. The van der Waals surface area contributed by atoms with Gasteiger partial charge in [-0.25, -0.2) is 18.1 Å². The van der Waals surface area contributed by atoms with Gasteiger partial charge in [-0.3, -0.25) is 0 Å². The number of ether oxygens (including phenoxy) is 1. The second-order valence-electron chi connectivity index (χ2n) is 6.11. The van der Waals surface area contributed by atoms with Crippen molar-refractivity contribution >= 4 is 16.0 Å². The molecule has 0 spiro atoms. The fraction of sp³-hybridized carbons (Fsp3) is 0.286. The summed E-state index contributed by atoms with van der Waals surface area (Å²) in [7, 11) is -2.09. The Morgan fingerprint density at radius 3 is 2.69 bits per heavy atom. The summed E-state index contributed by atoms with van der Waals surface area (Å²) in [6.45, 7) is 7.68. The largest absolute Gasteiger partial charge is 0.489 e. The molecule has 0 aliphatic carbocycles. The van der Waals surface area contributed by atoms with E-state index in [1.807, 2.05) is 37.3 Å². The summed E-state index contributed by atoms with van der Waals surface area (Å²) in [6.07, 6.45) is 1.71. The smallest absolute Gasteiger partial charge is 0.240 e. The molecule has 0 heterocycles. The zero-order valence-corrected chi connectivity index (χ0v) is 17.6. The maximum absolute atomic E-state index is 12.0. The summed E-state index contributed by atoms with van der Waals surface area (Å²) in [4.78, 5) is 4.78. The molecule has 2 aromatic rings. The third-order valence-corrected chi connectivity index (χ3v) is 5.43. The van der Waals surface area contributed by atoms with E-state index in [0.29, 0.717) is 32.2 Å². The van der Waals surface area contributed by atoms with Crippen LogP contribution in [0.3, 0.4) is 0 Å². The molecule has 8 heteroatoms. The first-order valence-corrected chi connectivity index (χ1v) is 10.8. The lowest BCUT2D eigenvalue weighted by atomic mass is 10.2. The van der Waals surface area contributed by atoms with E-state index >= 15 is 0 Å². The van der Waals surface area contributed by atoms with Crippen molar-refractivity contribution in [2.75, 3.05) is 20.2 Å². The molecule has 0 radical (unpaired) electrons. The molecule has 0 aromatic heterocycles. The number of guanidine groups is 1. The van der Waals surface area contributed by atoms with E-state index in [9.17, 15) is 8.42 Å². The molecule has 0 fully saturated rings. The van der Waals surface area contributed by atoms with E-state index in [-0.39, 0.29) is 4.90 Å². The number of benzene rings is 2. The molecule has 0 unspecified atom stereocenters. The number of aliphatic imine (C=N–C) groups is 1. The Bertz CT molecular complexity index is 942. The summed E-state index contributed by atoms with van der Waals surface area (Å²) in [6, 6.07) is 14.5. The van der Waals surface area contributed by atoms with Crippen LogP contribution in [0.4, 0.5) is 0 Å². The van der Waals surface area contributed by atoms with Gasteiger partial charge < -0.3 is 15.4 Å². The van der Waals surface area contributed by atoms with Crippen molar-refractivity contribution in [3.05, 3.63) is 72.3 Å². The lowest BCUT2D eigenvalue weighted by Crippen LogP contribution is -2.36. The molecule has 156 valence electrons. The molecular formula is C21H28N4O3S. The molecule has 7 nitrogen and oxygen atoms in total. The first-order chi connectivity index (χ1) is 14.0. The van der Waals surface area contributed by atoms with Gasteiger partial charge in [-0.15, -0.1) is 0 Å². The van der Waals surface area contributed by atoms with Gasteiger partial charge in [0.05, 0.1) is 11.4 Å². The normalized spacial score (nSPS) is 11.7. The van der Waals surface area contributed by atoms with Gasteiger partial charge in [-0.2, -0.15) is 0 Å². The first kappa shape index (κ1) is 22.4. The topological polar surface area (TPSA) is 91.8 Å². The number of hydrogen-bond acceptors (Lipinski definition) is 4. The summed E-state index contributed by atoms with van der Waals surface area (Å²) in [5, 5.41) is 6.48. The number of nitrogens with one attached hydrogen (secondary N) is 3. The number of nitrogens with zero attached hydrogens (tertiary/aromatic N) is 1. The Morgan fingerprint density at radius 1 is 1.17 bits per heavy atom. The third-order valence-electron chi connectivity index (χ3n) is 4.02. The molecule has 0 bridgehead atoms. The highest BCUT2D eigenvalue weighted by atomic mass is 32.2. The lowest BCUT2D eigenvalue weighted by Gasteiger charge is -2.14. The van der Waals surface area contributed by atoms with Gasteiger partial charge in [0.15, 0.2) is 5.96 Å². The number of hydrogen-bond donors (Lipinski definition) is 3. The Kier molecular flexibility index (Phi) is 8.69. The van der Waals surface area contributed by atoms with E-state index in [4.69, 9.17) is 4.74 Å². The van der Waals surface area contributed by atoms with Crippen LogP contribution in [0.1, 0.15) is 18.1 Å². The highest BCUT2D eigenvalue weighted by Crippen LogP contribution is 2.17. The Hall–Kier alpha value is -2.84. The van der Waals surface area contributed by atoms with Crippen LogP contribution in [0.25, 0.3) is 0 Å². The molecule has 2 aromatic carbocycles. The minimum Gasteiger partial charge on any atom is -0.489 e. The number of rotatable bonds is 10. The number of para-hydroxylation sites is 1. The van der Waals surface area contributed by atoms with Crippen molar-refractivity contribution in [3.8, 4) is 5.75 Å². The van der Waals surface area contributed by atoms with Crippen LogP contribution in [0.5, 0.6) is 5.75 Å². The Balaban J connectivity index is 2.10. The van der Waals surface area contributed by atoms with Crippen molar-refractivity contribution < 1.29 is 13.2 Å². The fourth-order valence-corrected chi connectivity index (χ4v) is 3.36. The standard InChI is InChI=1S/C21H28N4O3S/c1-4-13-28-20-12-7-6-10-18(20)16-25-21(23-5-2)24-15-17-9-8-11-19(14-17)29(26,27)22-3/h4,6-12,14,22H,1,5,13,15-16H2,2-3H3,(H2,23,24,25). The second-order valence-corrected chi connectivity index (χ2v) is 8.00. The quantitative estimate of drug-likeness (QED) is 0.314. The second kappa shape index (κ2) is 11.2. The van der Waals surface area contributed by atoms with Crippen molar-refractivity contribution in [1.82, 2.24) is 15.4 Å². The summed E-state index contributed by atoms with van der Waals surface area (Å²) < 4.78 is 31.9. The van der Waals surface area contributed by atoms with Crippen molar-refractivity contribution in [2.24, 2.45) is 4.99 Å². The molecule has 0 amide bonds. The zero-order valence-electron chi connectivity index (χ0n) is 16.8. The van der Waals surface area contributed by atoms with Gasteiger partial charge in [-0.1, -0.05) is 43.0 Å². The fourth-order valence-electron chi connectivity index (χ4n) is 2.56. The van der Waals surface area contributed by atoms with E-state index < -0.39 is 10.0 Å². The average Bonchev–Trinajstić information content (AvgIpc) is 2.75. The van der Waals surface area contributed by atoms with Gasteiger partial charge in [0.1, 0.15) is 12.4 Å². The minimum absolute atomic E-state index is 0.221. The molecule has 0 aliphatic rings. The average molecular weight is 417 g/mol. The van der Waals surface area contributed by atoms with Crippen molar-refractivity contribution in [1.29, 1.82) is 0 Å². The Labute approximate surface area is 173 Å². The number of sulfonamides is 1. The first-order valence-electron chi connectivity index (χ1n) is 9.36. The summed E-state index contributed by atoms with van der Waals surface area (Å²) in [5.74, 6) is 1.42. The lowest BCUT2D eigenvalue weighted by molar-refractivity contribution is 0.358. The summed E-state index contributed by atoms with van der Waals surface area (Å²) >= 11 is 0. The van der Waals surface area contributed by atoms with Gasteiger partial charge in [0, 0.05) is 18.7 Å². The molecule has 2 rings (SSSR count). The minimum atomic E-state index is -3.48. The van der Waals surface area contributed by atoms with Crippen LogP contribution < -0.4 is 20.1 Å². The highest BCUT2D eigenvalue weighted by Gasteiger charge is 2.11. The third kappa shape index (κ3) is 6.92. The van der Waals surface area contributed by atoms with Crippen LogP contribution in [0.2, 0.25) is 0 Å². The molecular weight excluding hydrogens is 388 g/mol. The molecule has 29 heavy (non-hydrogen) atoms. The van der Waals surface area contributed by atoms with E-state index in [2.05, 4.69) is 26.9 Å². The van der Waals surface area contributed by atoms with E-state index in [1.54, 1.807) is 24.3 Å². The monoisotopic (exact) mass is 416 g/mol. The van der Waals surface area contributed by atoms with Gasteiger partial charge in [-0.05, 0) is 37.7 Å². The predicted molar refractivity (Wildman–Crippen MR) is 116 cm³/mol. The van der Waals surface area contributed by atoms with Crippen LogP contribution in [0, 0.1) is 0 Å². The van der Waals surface area contributed by atoms with Gasteiger partial charge in [0.2, 0.25) is 10.0 Å². The predicted octanol–water partition coefficient (Wildman–Crippen LogP) is 2.41. The summed E-state index contributed by atoms with van der Waals surface area (Å²) in [5.41, 5.74) is 1.80. The van der Waals surface area contributed by atoms with Crippen molar-refractivity contribution in [3.63, 3.8) is 0 Å². The van der Waals surface area contributed by atoms with E-state index in [1.165, 1.54) is 7.05 Å². The van der Waals surface area contributed by atoms with Gasteiger partial charge >= 0.3 is 0 Å². The molecule has 3 N–H and O–H groups in total. The van der Waals surface area contributed by atoms with E-state index in [0.717, 1.165) is 16.9 Å². The van der Waals surface area contributed by atoms with Crippen LogP contribution in [-0.2, 0) is 23.1 Å². The van der Waals surface area contributed by atoms with Crippen LogP contribution in [0.15, 0.2) is 71.1 Å². The Morgan fingerprint density at radius 2 is 1.97 bits per heavy atom. The highest BCUT2D eigenvalue weighted by molar-refractivity contribution is 7.89. The van der Waals surface area contributed by atoms with Crippen molar-refractivity contribution in [2.45, 2.75) is 24.9 Å². The maximum atomic E-state index is 12.0. The molecule has 0 saturated carbocycles. The maximum Gasteiger partial charge on any atom is 0.240 e. The SMILES string of the molecule is C=CCOc1ccccc1CNC(=NCc1cccc(S(=O)(=O)NC)c1)NCC. The van der Waals surface area contributed by atoms with Crippen LogP contribution >= 0.6 is 0 Å².